The fraction of sp³-hybridized carbons (Fsp3) is 0.233. The largest absolute Gasteiger partial charge is 0.453 e. The standard InChI is InChI=1S/C30H30F2N6O6/c1-37(2)26(39)12-5-4-8-21(35-30(42)43-3)28(40)34-22-10-7-15-38(29(22)41)17-25-33-20-9-6-11-24(27(20)36-25)44-23-14-13-18(31)16-19(23)32/h5-7,9-16,21H,4,8,17H2,1-3H3,(H,33,36)(H,34,40)(H,35,42)/b12-5+. The lowest BCUT2D eigenvalue weighted by Crippen LogP contribution is -2.44. The predicted molar refractivity (Wildman–Crippen MR) is 157 cm³/mol. The maximum atomic E-state index is 14.2. The van der Waals surface area contributed by atoms with Crippen LogP contribution < -0.4 is 20.9 Å². The van der Waals surface area contributed by atoms with Gasteiger partial charge in [0, 0.05) is 26.4 Å². The molecule has 0 saturated heterocycles. The lowest BCUT2D eigenvalue weighted by molar-refractivity contribution is -0.123. The number of imidazole rings is 1. The highest BCUT2D eigenvalue weighted by molar-refractivity contribution is 5.96. The second-order valence-electron chi connectivity index (χ2n) is 9.76. The Balaban J connectivity index is 1.50. The number of nitrogens with zero attached hydrogens (tertiary/aromatic N) is 3. The van der Waals surface area contributed by atoms with Crippen LogP contribution in [0.3, 0.4) is 0 Å². The van der Waals surface area contributed by atoms with Crippen molar-refractivity contribution >= 4 is 34.6 Å². The summed E-state index contributed by atoms with van der Waals surface area (Å²) in [6.07, 6.45) is 4.03. The summed E-state index contributed by atoms with van der Waals surface area (Å²) in [6.45, 7) is -0.0177. The van der Waals surface area contributed by atoms with Crippen molar-refractivity contribution < 1.29 is 32.6 Å². The van der Waals surface area contributed by atoms with E-state index in [0.29, 0.717) is 22.9 Å². The van der Waals surface area contributed by atoms with Gasteiger partial charge in [-0.3, -0.25) is 14.4 Å². The number of pyridine rings is 1. The van der Waals surface area contributed by atoms with Crippen LogP contribution in [0.15, 0.2) is 71.7 Å². The molecule has 2 aromatic carbocycles. The Hall–Kier alpha value is -5.53. The number of halogens is 2. The Morgan fingerprint density at radius 1 is 1.11 bits per heavy atom. The smallest absolute Gasteiger partial charge is 0.407 e. The van der Waals surface area contributed by atoms with Crippen LogP contribution in [0.25, 0.3) is 11.0 Å². The van der Waals surface area contributed by atoms with Gasteiger partial charge in [0.2, 0.25) is 11.8 Å². The molecule has 4 aromatic rings. The molecule has 2 heterocycles. The van der Waals surface area contributed by atoms with E-state index >= 15 is 0 Å². The number of aromatic nitrogens is 3. The van der Waals surface area contributed by atoms with Crippen molar-refractivity contribution in [3.05, 3.63) is 94.7 Å². The number of aromatic amines is 1. The Kier molecular flexibility index (Phi) is 10.1. The van der Waals surface area contributed by atoms with Gasteiger partial charge in [-0.2, -0.15) is 0 Å². The zero-order valence-corrected chi connectivity index (χ0v) is 24.1. The summed E-state index contributed by atoms with van der Waals surface area (Å²) < 4.78 is 39.0. The molecule has 230 valence electrons. The number of hydrogen-bond donors (Lipinski definition) is 3. The van der Waals surface area contributed by atoms with Gasteiger partial charge in [-0.05, 0) is 55.3 Å². The molecule has 0 spiro atoms. The fourth-order valence-corrected chi connectivity index (χ4v) is 4.09. The number of nitrogens with one attached hydrogen (secondary N) is 3. The molecule has 12 nitrogen and oxygen atoms in total. The van der Waals surface area contributed by atoms with E-state index < -0.39 is 35.2 Å². The molecule has 0 saturated carbocycles. The van der Waals surface area contributed by atoms with Gasteiger partial charge < -0.3 is 34.6 Å². The van der Waals surface area contributed by atoms with Crippen LogP contribution in [0, 0.1) is 11.6 Å². The van der Waals surface area contributed by atoms with Gasteiger partial charge in [0.15, 0.2) is 17.3 Å². The molecule has 3 N–H and O–H groups in total. The van der Waals surface area contributed by atoms with E-state index in [9.17, 15) is 28.0 Å². The number of methoxy groups -OCH3 is 1. The molecule has 3 amide bonds. The Morgan fingerprint density at radius 3 is 2.64 bits per heavy atom. The van der Waals surface area contributed by atoms with Crippen molar-refractivity contribution in [2.75, 3.05) is 26.5 Å². The third-order valence-corrected chi connectivity index (χ3v) is 6.35. The number of amides is 3. The lowest BCUT2D eigenvalue weighted by Gasteiger charge is -2.17. The van der Waals surface area contributed by atoms with E-state index in [1.54, 1.807) is 44.4 Å². The van der Waals surface area contributed by atoms with Crippen LogP contribution >= 0.6 is 0 Å². The molecule has 0 radical (unpaired) electrons. The van der Waals surface area contributed by atoms with E-state index in [1.165, 1.54) is 33.9 Å². The number of H-pyrrole nitrogens is 1. The molecule has 0 aliphatic rings. The number of hydrogen-bond acceptors (Lipinski definition) is 7. The maximum absolute atomic E-state index is 14.2. The SMILES string of the molecule is COC(=O)NC(CC/C=C/C(=O)N(C)C)C(=O)Nc1cccn(Cc2nc3c(Oc4ccc(F)cc4F)cccc3[nH]2)c1=O. The number of anilines is 1. The molecule has 1 unspecified atom stereocenters. The monoisotopic (exact) mass is 608 g/mol. The van der Waals surface area contributed by atoms with Gasteiger partial charge in [0.05, 0.1) is 19.2 Å². The number of carbonyl (C=O) groups excluding carboxylic acids is 3. The van der Waals surface area contributed by atoms with Crippen LogP contribution in [0.5, 0.6) is 11.5 Å². The average molecular weight is 609 g/mol. The van der Waals surface area contributed by atoms with E-state index in [-0.39, 0.29) is 42.5 Å². The van der Waals surface area contributed by atoms with Crippen molar-refractivity contribution in [2.24, 2.45) is 0 Å². The Morgan fingerprint density at radius 2 is 1.91 bits per heavy atom. The number of allylic oxidation sites excluding steroid dienone is 1. The van der Waals surface area contributed by atoms with Crippen LogP contribution in [0.4, 0.5) is 19.3 Å². The van der Waals surface area contributed by atoms with Crippen molar-refractivity contribution in [3.63, 3.8) is 0 Å². The molecular formula is C30H30F2N6O6. The number of fused-ring (bicyclic) bond motifs is 1. The van der Waals surface area contributed by atoms with Gasteiger partial charge in [-0.1, -0.05) is 12.1 Å². The number of rotatable bonds is 11. The first-order valence-corrected chi connectivity index (χ1v) is 13.4. The van der Waals surface area contributed by atoms with E-state index in [2.05, 4.69) is 25.3 Å². The van der Waals surface area contributed by atoms with Gasteiger partial charge in [0.1, 0.15) is 28.9 Å². The molecule has 0 bridgehead atoms. The molecule has 0 aliphatic heterocycles. The summed E-state index contributed by atoms with van der Waals surface area (Å²) in [7, 11) is 4.36. The van der Waals surface area contributed by atoms with Crippen LogP contribution in [-0.2, 0) is 20.9 Å². The van der Waals surface area contributed by atoms with Crippen LogP contribution in [0.1, 0.15) is 18.7 Å². The number of alkyl carbamates (subject to hydrolysis) is 1. The summed E-state index contributed by atoms with van der Waals surface area (Å²) in [5, 5.41) is 4.99. The highest BCUT2D eigenvalue weighted by Gasteiger charge is 2.22. The van der Waals surface area contributed by atoms with Crippen molar-refractivity contribution in [1.29, 1.82) is 0 Å². The molecule has 1 atom stereocenters. The normalized spacial score (nSPS) is 11.8. The summed E-state index contributed by atoms with van der Waals surface area (Å²) >= 11 is 0. The van der Waals surface area contributed by atoms with Crippen molar-refractivity contribution in [3.8, 4) is 11.5 Å². The lowest BCUT2D eigenvalue weighted by atomic mass is 10.1. The third kappa shape index (κ3) is 7.85. The van der Waals surface area contributed by atoms with E-state index in [1.807, 2.05) is 0 Å². The van der Waals surface area contributed by atoms with Crippen molar-refractivity contribution in [1.82, 2.24) is 24.8 Å². The molecule has 4 rings (SSSR count). The van der Waals surface area contributed by atoms with Gasteiger partial charge in [0.25, 0.3) is 5.56 Å². The quantitative estimate of drug-likeness (QED) is 0.219. The second kappa shape index (κ2) is 14.1. The molecule has 44 heavy (non-hydrogen) atoms. The number of para-hydroxylation sites is 1. The topological polar surface area (TPSA) is 148 Å². The zero-order valence-electron chi connectivity index (χ0n) is 24.1. The minimum absolute atomic E-state index is 0.0177. The van der Waals surface area contributed by atoms with Gasteiger partial charge >= 0.3 is 6.09 Å². The van der Waals surface area contributed by atoms with Gasteiger partial charge in [-0.25, -0.2) is 18.6 Å². The molecule has 0 fully saturated rings. The summed E-state index contributed by atoms with van der Waals surface area (Å²) in [4.78, 5) is 58.9. The number of benzene rings is 2. The summed E-state index contributed by atoms with van der Waals surface area (Å²) in [5.41, 5.74) is 0.330. The highest BCUT2D eigenvalue weighted by atomic mass is 19.1. The van der Waals surface area contributed by atoms with Gasteiger partial charge in [-0.15, -0.1) is 0 Å². The summed E-state index contributed by atoms with van der Waals surface area (Å²) in [5.74, 6) is -2.09. The first-order chi connectivity index (χ1) is 21.0. The van der Waals surface area contributed by atoms with E-state index in [4.69, 9.17) is 4.74 Å². The summed E-state index contributed by atoms with van der Waals surface area (Å²) in [6, 6.07) is 9.84. The minimum Gasteiger partial charge on any atom is -0.453 e. The number of carbonyl (C=O) groups is 3. The molecular weight excluding hydrogens is 578 g/mol. The molecule has 2 aromatic heterocycles. The minimum atomic E-state index is -1.06. The van der Waals surface area contributed by atoms with Crippen molar-refractivity contribution in [2.45, 2.75) is 25.4 Å². The number of ether oxygens (including phenoxy) is 2. The Bertz CT molecular complexity index is 1770. The average Bonchev–Trinajstić information content (AvgIpc) is 3.41. The van der Waals surface area contributed by atoms with Crippen LogP contribution in [-0.4, -0.2) is 64.6 Å². The fourth-order valence-electron chi connectivity index (χ4n) is 4.09. The third-order valence-electron chi connectivity index (χ3n) is 6.35. The molecule has 14 heteroatoms. The predicted octanol–water partition coefficient (Wildman–Crippen LogP) is 3.93. The van der Waals surface area contributed by atoms with Crippen LogP contribution in [0.2, 0.25) is 0 Å². The maximum Gasteiger partial charge on any atom is 0.407 e. The first kappa shape index (κ1) is 31.4. The second-order valence-corrected chi connectivity index (χ2v) is 9.76. The van der Waals surface area contributed by atoms with E-state index in [0.717, 1.165) is 13.2 Å². The number of likely N-dealkylation sites (N-methyl/N-ethyl adjacent to an activating group) is 1. The highest BCUT2D eigenvalue weighted by Crippen LogP contribution is 2.30. The molecule has 0 aliphatic carbocycles. The zero-order chi connectivity index (χ0) is 31.8. The Labute approximate surface area is 250 Å². The first-order valence-electron chi connectivity index (χ1n) is 13.4.